The maximum absolute atomic E-state index is 12.0. The van der Waals surface area contributed by atoms with Crippen molar-refractivity contribution < 1.29 is 4.79 Å². The third-order valence-corrected chi connectivity index (χ3v) is 3.73. The molecule has 106 valence electrons. The Kier molecular flexibility index (Phi) is 4.68. The molecule has 0 aliphatic rings. The molecule has 2 aromatic rings. The van der Waals surface area contributed by atoms with Gasteiger partial charge in [-0.25, -0.2) is 9.97 Å². The van der Waals surface area contributed by atoms with Gasteiger partial charge in [-0.1, -0.05) is 6.92 Å². The van der Waals surface area contributed by atoms with Gasteiger partial charge in [0, 0.05) is 25.7 Å². The highest BCUT2D eigenvalue weighted by molar-refractivity contribution is 7.09. The maximum atomic E-state index is 12.0. The molecular formula is C14H18N4OS. The van der Waals surface area contributed by atoms with Crippen LogP contribution in [0.25, 0.3) is 0 Å². The van der Waals surface area contributed by atoms with Crippen molar-refractivity contribution in [3.8, 4) is 0 Å². The van der Waals surface area contributed by atoms with E-state index < -0.39 is 0 Å². The van der Waals surface area contributed by atoms with Crippen molar-refractivity contribution in [1.29, 1.82) is 0 Å². The third kappa shape index (κ3) is 3.54. The largest absolute Gasteiger partial charge is 0.363 e. The summed E-state index contributed by atoms with van der Waals surface area (Å²) in [4.78, 5) is 22.5. The number of carbonyl (C=O) groups is 1. The standard InChI is InChI=1S/C14H18N4OS/c1-4-11-9-20-13(17-11)8-16-14(19)10-5-6-12(15-7-10)18(2)3/h5-7,9H,4,8H2,1-3H3,(H,16,19). The van der Waals surface area contributed by atoms with E-state index in [0.29, 0.717) is 12.1 Å². The summed E-state index contributed by atoms with van der Waals surface area (Å²) in [5, 5.41) is 5.80. The van der Waals surface area contributed by atoms with Gasteiger partial charge in [0.05, 0.1) is 17.8 Å². The van der Waals surface area contributed by atoms with E-state index in [2.05, 4.69) is 22.2 Å². The van der Waals surface area contributed by atoms with Crippen molar-refractivity contribution in [2.75, 3.05) is 19.0 Å². The smallest absolute Gasteiger partial charge is 0.253 e. The molecular weight excluding hydrogens is 272 g/mol. The number of nitrogens with zero attached hydrogens (tertiary/aromatic N) is 3. The number of nitrogens with one attached hydrogen (secondary N) is 1. The van der Waals surface area contributed by atoms with Gasteiger partial charge in [0.2, 0.25) is 0 Å². The summed E-state index contributed by atoms with van der Waals surface area (Å²) in [6.07, 6.45) is 2.50. The van der Waals surface area contributed by atoms with Crippen molar-refractivity contribution in [2.45, 2.75) is 19.9 Å². The molecule has 5 nitrogen and oxygen atoms in total. The zero-order valence-corrected chi connectivity index (χ0v) is 12.7. The predicted molar refractivity (Wildman–Crippen MR) is 81.2 cm³/mol. The van der Waals surface area contributed by atoms with Gasteiger partial charge in [-0.2, -0.15) is 0 Å². The van der Waals surface area contributed by atoms with Crippen molar-refractivity contribution in [3.63, 3.8) is 0 Å². The van der Waals surface area contributed by atoms with E-state index in [1.807, 2.05) is 30.4 Å². The summed E-state index contributed by atoms with van der Waals surface area (Å²) < 4.78 is 0. The summed E-state index contributed by atoms with van der Waals surface area (Å²) in [6.45, 7) is 2.52. The zero-order valence-electron chi connectivity index (χ0n) is 11.9. The highest BCUT2D eigenvalue weighted by Gasteiger charge is 2.08. The number of hydrogen-bond donors (Lipinski definition) is 1. The Morgan fingerprint density at radius 1 is 1.40 bits per heavy atom. The van der Waals surface area contributed by atoms with Gasteiger partial charge in [0.15, 0.2) is 0 Å². The van der Waals surface area contributed by atoms with E-state index in [-0.39, 0.29) is 5.91 Å². The molecule has 0 saturated heterocycles. The van der Waals surface area contributed by atoms with Crippen LogP contribution in [-0.2, 0) is 13.0 Å². The summed E-state index contributed by atoms with van der Waals surface area (Å²) >= 11 is 1.57. The average molecular weight is 290 g/mol. The Morgan fingerprint density at radius 3 is 2.75 bits per heavy atom. The molecule has 0 bridgehead atoms. The molecule has 2 heterocycles. The van der Waals surface area contributed by atoms with Crippen LogP contribution in [0, 0.1) is 0 Å². The fourth-order valence-corrected chi connectivity index (χ4v) is 2.45. The number of carbonyl (C=O) groups excluding carboxylic acids is 1. The van der Waals surface area contributed by atoms with E-state index in [1.54, 1.807) is 23.6 Å². The number of amides is 1. The van der Waals surface area contributed by atoms with Crippen LogP contribution in [0.5, 0.6) is 0 Å². The Bertz CT molecular complexity index is 577. The summed E-state index contributed by atoms with van der Waals surface area (Å²) in [5.74, 6) is 0.699. The summed E-state index contributed by atoms with van der Waals surface area (Å²) in [6, 6.07) is 3.60. The molecule has 1 amide bonds. The van der Waals surface area contributed by atoms with Crippen LogP contribution in [0.3, 0.4) is 0 Å². The van der Waals surface area contributed by atoms with E-state index in [4.69, 9.17) is 0 Å². The van der Waals surface area contributed by atoms with Gasteiger partial charge in [0.1, 0.15) is 10.8 Å². The number of pyridine rings is 1. The number of aromatic nitrogens is 2. The van der Waals surface area contributed by atoms with Crippen molar-refractivity contribution in [2.24, 2.45) is 0 Å². The van der Waals surface area contributed by atoms with E-state index in [9.17, 15) is 4.79 Å². The lowest BCUT2D eigenvalue weighted by atomic mass is 10.2. The van der Waals surface area contributed by atoms with Crippen LogP contribution in [0.1, 0.15) is 28.0 Å². The second-order valence-corrected chi connectivity index (χ2v) is 5.51. The minimum atomic E-state index is -0.129. The quantitative estimate of drug-likeness (QED) is 0.916. The first-order valence-corrected chi connectivity index (χ1v) is 7.33. The molecule has 0 aliphatic carbocycles. The molecule has 0 spiro atoms. The molecule has 0 aliphatic heterocycles. The van der Waals surface area contributed by atoms with Gasteiger partial charge < -0.3 is 10.2 Å². The fraction of sp³-hybridized carbons (Fsp3) is 0.357. The fourth-order valence-electron chi connectivity index (χ4n) is 1.64. The molecule has 0 fully saturated rings. The highest BCUT2D eigenvalue weighted by Crippen LogP contribution is 2.11. The van der Waals surface area contributed by atoms with E-state index in [0.717, 1.165) is 22.9 Å². The molecule has 0 atom stereocenters. The Labute approximate surface area is 122 Å². The number of hydrogen-bond acceptors (Lipinski definition) is 5. The Hall–Kier alpha value is -1.95. The molecule has 20 heavy (non-hydrogen) atoms. The number of anilines is 1. The van der Waals surface area contributed by atoms with Crippen LogP contribution in [0.2, 0.25) is 0 Å². The lowest BCUT2D eigenvalue weighted by molar-refractivity contribution is 0.0950. The van der Waals surface area contributed by atoms with Crippen LogP contribution < -0.4 is 10.2 Å². The van der Waals surface area contributed by atoms with Crippen LogP contribution in [-0.4, -0.2) is 30.0 Å². The number of thiazole rings is 1. The van der Waals surface area contributed by atoms with Gasteiger partial charge in [-0.3, -0.25) is 4.79 Å². The molecule has 2 rings (SSSR count). The summed E-state index contributed by atoms with van der Waals surface area (Å²) in [5.41, 5.74) is 1.62. The van der Waals surface area contributed by atoms with E-state index >= 15 is 0 Å². The van der Waals surface area contributed by atoms with Crippen LogP contribution >= 0.6 is 11.3 Å². The third-order valence-electron chi connectivity index (χ3n) is 2.83. The molecule has 0 saturated carbocycles. The maximum Gasteiger partial charge on any atom is 0.253 e. The second kappa shape index (κ2) is 6.47. The van der Waals surface area contributed by atoms with Gasteiger partial charge in [0.25, 0.3) is 5.91 Å². The van der Waals surface area contributed by atoms with Crippen LogP contribution in [0.4, 0.5) is 5.82 Å². The van der Waals surface area contributed by atoms with Crippen molar-refractivity contribution in [3.05, 3.63) is 40.0 Å². The lowest BCUT2D eigenvalue weighted by Gasteiger charge is -2.11. The monoisotopic (exact) mass is 290 g/mol. The molecule has 6 heteroatoms. The minimum absolute atomic E-state index is 0.129. The van der Waals surface area contributed by atoms with Crippen LogP contribution in [0.15, 0.2) is 23.7 Å². The molecule has 0 radical (unpaired) electrons. The molecule has 0 unspecified atom stereocenters. The first-order valence-electron chi connectivity index (χ1n) is 6.45. The Morgan fingerprint density at radius 2 is 2.20 bits per heavy atom. The van der Waals surface area contributed by atoms with E-state index in [1.165, 1.54) is 0 Å². The van der Waals surface area contributed by atoms with Gasteiger partial charge in [-0.05, 0) is 18.6 Å². The predicted octanol–water partition coefficient (Wildman–Crippen LogP) is 2.10. The van der Waals surface area contributed by atoms with Gasteiger partial charge in [-0.15, -0.1) is 11.3 Å². The summed E-state index contributed by atoms with van der Waals surface area (Å²) in [7, 11) is 3.83. The number of rotatable bonds is 5. The minimum Gasteiger partial charge on any atom is -0.363 e. The molecule has 1 N–H and O–H groups in total. The Balaban J connectivity index is 1.94. The lowest BCUT2D eigenvalue weighted by Crippen LogP contribution is -2.23. The normalized spacial score (nSPS) is 10.3. The number of aryl methyl sites for hydroxylation is 1. The molecule has 0 aromatic carbocycles. The highest BCUT2D eigenvalue weighted by atomic mass is 32.1. The van der Waals surface area contributed by atoms with Crippen molar-refractivity contribution >= 4 is 23.1 Å². The topological polar surface area (TPSA) is 58.1 Å². The zero-order chi connectivity index (χ0) is 14.5. The van der Waals surface area contributed by atoms with Gasteiger partial charge >= 0.3 is 0 Å². The first-order chi connectivity index (χ1) is 9.60. The SMILES string of the molecule is CCc1csc(CNC(=O)c2ccc(N(C)C)nc2)n1. The molecule has 2 aromatic heterocycles. The average Bonchev–Trinajstić information content (AvgIpc) is 2.93. The van der Waals surface area contributed by atoms with Crippen molar-refractivity contribution in [1.82, 2.24) is 15.3 Å². The first kappa shape index (κ1) is 14.5. The second-order valence-electron chi connectivity index (χ2n) is 4.57.